The highest BCUT2D eigenvalue weighted by atomic mass is 32.2. The Morgan fingerprint density at radius 2 is 1.12 bits per heavy atom. The third-order valence-electron chi connectivity index (χ3n) is 5.29. The summed E-state index contributed by atoms with van der Waals surface area (Å²) in [6, 6.07) is 2.86. The van der Waals surface area contributed by atoms with Crippen molar-refractivity contribution < 1.29 is 97.3 Å². The number of carbonyl (C=O) groups is 1. The lowest BCUT2D eigenvalue weighted by atomic mass is 10.2. The van der Waals surface area contributed by atoms with Gasteiger partial charge in [0, 0.05) is 17.1 Å². The van der Waals surface area contributed by atoms with Crippen LogP contribution in [0.2, 0.25) is 0 Å². The molecule has 1 amide bonds. The molecule has 0 aliphatic rings. The molecule has 1 aromatic heterocycles. The first-order chi connectivity index (χ1) is 21.1. The van der Waals surface area contributed by atoms with Gasteiger partial charge in [0.05, 0.1) is 4.90 Å². The van der Waals surface area contributed by atoms with Crippen molar-refractivity contribution in [1.82, 2.24) is 9.97 Å². The number of aryl methyl sites for hydroxylation is 2. The average Bonchev–Trinajstić information content (AvgIpc) is 2.85. The number of sulfonamides is 1. The maximum Gasteiger partial charge on any atom is 0.462 e. The van der Waals surface area contributed by atoms with Gasteiger partial charge in [-0.25, -0.2) is 23.1 Å². The smallest absolute Gasteiger partial charge is 0.321 e. The van der Waals surface area contributed by atoms with E-state index >= 15 is 0 Å². The number of nitrogens with zero attached hydrogens (tertiary/aromatic N) is 2. The average molecular weight is 756 g/mol. The van der Waals surface area contributed by atoms with Crippen LogP contribution in [0.25, 0.3) is 0 Å². The van der Waals surface area contributed by atoms with Crippen LogP contribution < -0.4 is 10.0 Å². The van der Waals surface area contributed by atoms with Gasteiger partial charge in [-0.2, -0.15) is 74.6 Å². The van der Waals surface area contributed by atoms with Crippen LogP contribution in [0, 0.1) is 13.8 Å². The SMILES string of the molecule is Cc1cc(C)nc(NS(=O)(=O)c2ccc(NC(=O)[C@@](F)(OC(F)(F)[C@](F)(OC(F)(F)C(F)(F)C(F)(F)F)C(F)(F)F)C(F)(F)F)cc2)n1. The number of alkyl halides is 17. The Hall–Kier alpha value is -3.75. The first-order valence-electron chi connectivity index (χ1n) is 11.5. The Balaban J connectivity index is 2.47. The summed E-state index contributed by atoms with van der Waals surface area (Å²) in [6.07, 6.45) is -39.1. The van der Waals surface area contributed by atoms with Gasteiger partial charge in [0.1, 0.15) is 0 Å². The number of ether oxygens (including phenoxy) is 2. The highest BCUT2D eigenvalue weighted by Gasteiger charge is 2.85. The fourth-order valence-corrected chi connectivity index (χ4v) is 3.99. The molecular weight excluding hydrogens is 743 g/mol. The molecule has 2 atom stereocenters. The molecule has 27 heteroatoms. The van der Waals surface area contributed by atoms with Crippen LogP contribution >= 0.6 is 0 Å². The van der Waals surface area contributed by atoms with Gasteiger partial charge in [0.15, 0.2) is 0 Å². The van der Waals surface area contributed by atoms with Gasteiger partial charge in [-0.15, -0.1) is 0 Å². The monoisotopic (exact) mass is 756 g/mol. The zero-order valence-corrected chi connectivity index (χ0v) is 23.5. The van der Waals surface area contributed by atoms with Gasteiger partial charge in [-0.1, -0.05) is 0 Å². The van der Waals surface area contributed by atoms with E-state index in [0.29, 0.717) is 24.3 Å². The Morgan fingerprint density at radius 1 is 0.667 bits per heavy atom. The second-order valence-electron chi connectivity index (χ2n) is 9.05. The Kier molecular flexibility index (Phi) is 10.4. The van der Waals surface area contributed by atoms with E-state index in [1.807, 2.05) is 9.46 Å². The van der Waals surface area contributed by atoms with Crippen LogP contribution in [0.5, 0.6) is 0 Å². The molecule has 2 N–H and O–H groups in total. The standard InChI is InChI=1S/C21H13F17N4O5S/c1-8-7-9(2)40-13(39-8)42-48(44,45)11-5-3-10(4-6-11)41-12(43)14(22,17(26,27)28)46-21(37,38)16(25,19(32,33)34)47-20(35,36)15(23,24)18(29,30)31/h3-7H,1-2H3,(H,41,43)(H,39,40,42)/t14-,16-/m1/s1. The van der Waals surface area contributed by atoms with Crippen molar-refractivity contribution in [3.63, 3.8) is 0 Å². The van der Waals surface area contributed by atoms with Crippen LogP contribution in [0.4, 0.5) is 86.3 Å². The molecule has 0 unspecified atom stereocenters. The number of hydrogen-bond acceptors (Lipinski definition) is 7. The third-order valence-corrected chi connectivity index (χ3v) is 6.63. The number of rotatable bonds is 11. The van der Waals surface area contributed by atoms with Crippen molar-refractivity contribution in [3.8, 4) is 0 Å². The largest absolute Gasteiger partial charge is 0.462 e. The van der Waals surface area contributed by atoms with E-state index in [2.05, 4.69) is 9.97 Å². The zero-order chi connectivity index (χ0) is 37.7. The molecule has 0 saturated heterocycles. The van der Waals surface area contributed by atoms with E-state index in [1.54, 1.807) is 0 Å². The highest BCUT2D eigenvalue weighted by molar-refractivity contribution is 7.92. The summed E-state index contributed by atoms with van der Waals surface area (Å²) in [7, 11) is -4.65. The fourth-order valence-electron chi connectivity index (χ4n) is 3.04. The molecule has 0 bridgehead atoms. The van der Waals surface area contributed by atoms with Gasteiger partial charge < -0.3 is 5.32 Å². The summed E-state index contributed by atoms with van der Waals surface area (Å²) in [5.74, 6) is -27.3. The molecule has 2 aromatic rings. The van der Waals surface area contributed by atoms with Crippen molar-refractivity contribution in [2.45, 2.75) is 67.1 Å². The maximum absolute atomic E-state index is 14.8. The number of amides is 1. The Morgan fingerprint density at radius 3 is 1.52 bits per heavy atom. The summed E-state index contributed by atoms with van der Waals surface area (Å²) in [5.41, 5.74) is -0.676. The van der Waals surface area contributed by atoms with Crippen molar-refractivity contribution in [2.75, 3.05) is 10.0 Å². The molecule has 0 aliphatic heterocycles. The number of anilines is 2. The van der Waals surface area contributed by atoms with E-state index in [4.69, 9.17) is 0 Å². The van der Waals surface area contributed by atoms with Gasteiger partial charge >= 0.3 is 48.4 Å². The number of hydrogen-bond donors (Lipinski definition) is 2. The lowest BCUT2D eigenvalue weighted by Gasteiger charge is -2.40. The van der Waals surface area contributed by atoms with Gasteiger partial charge in [0.25, 0.3) is 15.9 Å². The normalized spacial score (nSPS) is 16.6. The topological polar surface area (TPSA) is 120 Å². The van der Waals surface area contributed by atoms with Crippen LogP contribution in [0.1, 0.15) is 11.4 Å². The molecule has 0 aliphatic carbocycles. The van der Waals surface area contributed by atoms with Crippen molar-refractivity contribution in [1.29, 1.82) is 0 Å². The summed E-state index contributed by atoms with van der Waals surface area (Å²) in [4.78, 5) is 18.7. The lowest BCUT2D eigenvalue weighted by molar-refractivity contribution is -0.548. The number of benzene rings is 1. The van der Waals surface area contributed by atoms with Crippen LogP contribution in [-0.2, 0) is 24.3 Å². The minimum absolute atomic E-state index is 0.269. The predicted octanol–water partition coefficient (Wildman–Crippen LogP) is 6.71. The minimum Gasteiger partial charge on any atom is -0.321 e. The van der Waals surface area contributed by atoms with Gasteiger partial charge in [-0.05, 0) is 44.2 Å². The molecule has 2 rings (SSSR count). The maximum atomic E-state index is 14.8. The number of carbonyl (C=O) groups excluding carboxylic acids is 1. The van der Waals surface area contributed by atoms with Crippen molar-refractivity contribution in [3.05, 3.63) is 41.7 Å². The minimum atomic E-state index is -8.16. The van der Waals surface area contributed by atoms with E-state index in [9.17, 15) is 87.8 Å². The van der Waals surface area contributed by atoms with Crippen LogP contribution in [0.15, 0.2) is 35.2 Å². The first kappa shape index (κ1) is 40.4. The Labute approximate surface area is 254 Å². The number of aromatic nitrogens is 2. The Bertz CT molecular complexity index is 1590. The molecule has 1 heterocycles. The predicted molar refractivity (Wildman–Crippen MR) is 120 cm³/mol. The van der Waals surface area contributed by atoms with E-state index < -0.39 is 80.8 Å². The third kappa shape index (κ3) is 7.76. The molecule has 0 fully saturated rings. The zero-order valence-electron chi connectivity index (χ0n) is 22.7. The van der Waals surface area contributed by atoms with Crippen molar-refractivity contribution in [2.24, 2.45) is 0 Å². The van der Waals surface area contributed by atoms with E-state index in [-0.39, 0.29) is 11.4 Å². The molecule has 0 saturated carbocycles. The van der Waals surface area contributed by atoms with Gasteiger partial charge in [-0.3, -0.25) is 14.3 Å². The quantitative estimate of drug-likeness (QED) is 0.245. The first-order valence-corrected chi connectivity index (χ1v) is 13.0. The molecule has 0 spiro atoms. The summed E-state index contributed by atoms with van der Waals surface area (Å²) < 4.78 is 256. The summed E-state index contributed by atoms with van der Waals surface area (Å²) >= 11 is 0. The highest BCUT2D eigenvalue weighted by Crippen LogP contribution is 2.56. The lowest BCUT2D eigenvalue weighted by Crippen LogP contribution is -2.68. The molecule has 48 heavy (non-hydrogen) atoms. The molecule has 9 nitrogen and oxygen atoms in total. The van der Waals surface area contributed by atoms with Gasteiger partial charge in [0.2, 0.25) is 5.95 Å². The van der Waals surface area contributed by atoms with Crippen LogP contribution in [-0.4, -0.2) is 72.7 Å². The van der Waals surface area contributed by atoms with E-state index in [1.165, 1.54) is 24.7 Å². The second kappa shape index (κ2) is 12.3. The number of halogens is 17. The molecule has 0 radical (unpaired) electrons. The molecular formula is C21H13F17N4O5S. The fraction of sp³-hybridized carbons (Fsp3) is 0.476. The second-order valence-corrected chi connectivity index (χ2v) is 10.7. The molecule has 1 aromatic carbocycles. The van der Waals surface area contributed by atoms with E-state index in [0.717, 1.165) is 5.32 Å². The van der Waals surface area contributed by atoms with Crippen LogP contribution in [0.3, 0.4) is 0 Å². The number of nitrogens with one attached hydrogen (secondary N) is 2. The summed E-state index contributed by atoms with van der Waals surface area (Å²) in [5, 5.41) is 0.744. The summed E-state index contributed by atoms with van der Waals surface area (Å²) in [6.45, 7) is 2.86. The molecule has 272 valence electrons. The van der Waals surface area contributed by atoms with Crippen molar-refractivity contribution >= 4 is 27.6 Å².